The molecule has 96 valence electrons. The van der Waals surface area contributed by atoms with Gasteiger partial charge in [-0.15, -0.1) is 0 Å². The van der Waals surface area contributed by atoms with E-state index in [-0.39, 0.29) is 13.2 Å². The minimum absolute atomic E-state index is 0.123. The molecule has 0 atom stereocenters. The van der Waals surface area contributed by atoms with Crippen LogP contribution in [0.15, 0.2) is 28.7 Å². The van der Waals surface area contributed by atoms with E-state index in [1.807, 2.05) is 0 Å². The Balaban J connectivity index is 2.81. The largest absolute Gasteiger partial charge is 0.405 e. The first-order valence-corrected chi connectivity index (χ1v) is 5.90. The summed E-state index contributed by atoms with van der Waals surface area (Å²) < 4.78 is 37.9. The maximum absolute atomic E-state index is 12.4. The normalized spacial score (nSPS) is 11.6. The molecule has 2 nitrogen and oxygen atoms in total. The Morgan fingerprint density at radius 3 is 2.53 bits per heavy atom. The van der Waals surface area contributed by atoms with Gasteiger partial charge in [-0.25, -0.2) is 0 Å². The minimum atomic E-state index is -4.25. The first-order chi connectivity index (χ1) is 7.92. The van der Waals surface area contributed by atoms with Gasteiger partial charge in [0.15, 0.2) is 0 Å². The van der Waals surface area contributed by atoms with Gasteiger partial charge in [0, 0.05) is 23.3 Å². The van der Waals surface area contributed by atoms with E-state index in [9.17, 15) is 13.2 Å². The molecule has 1 aromatic carbocycles. The molecule has 0 fully saturated rings. The molecule has 1 aromatic rings. The van der Waals surface area contributed by atoms with Gasteiger partial charge in [0.05, 0.1) is 0 Å². The number of aliphatic hydroxyl groups is 1. The van der Waals surface area contributed by atoms with Crippen molar-refractivity contribution in [1.82, 2.24) is 0 Å². The predicted molar refractivity (Wildman–Crippen MR) is 64.1 cm³/mol. The zero-order valence-electron chi connectivity index (χ0n) is 9.04. The second kappa shape index (κ2) is 6.26. The lowest BCUT2D eigenvalue weighted by atomic mass is 10.2. The Hall–Kier alpha value is -0.750. The predicted octanol–water partition coefficient (Wildman–Crippen LogP) is 3.20. The van der Waals surface area contributed by atoms with Crippen molar-refractivity contribution in [3.8, 4) is 0 Å². The number of hydrogen-bond donors (Lipinski definition) is 1. The van der Waals surface area contributed by atoms with Gasteiger partial charge in [-0.2, -0.15) is 13.2 Å². The van der Waals surface area contributed by atoms with Crippen LogP contribution in [-0.2, 0) is 0 Å². The van der Waals surface area contributed by atoms with Gasteiger partial charge in [0.25, 0.3) is 0 Å². The second-order valence-electron chi connectivity index (χ2n) is 3.59. The van der Waals surface area contributed by atoms with E-state index >= 15 is 0 Å². The summed E-state index contributed by atoms with van der Waals surface area (Å²) in [6.45, 7) is -0.960. The van der Waals surface area contributed by atoms with Crippen molar-refractivity contribution in [1.29, 1.82) is 0 Å². The molecule has 0 radical (unpaired) electrons. The number of rotatable bonds is 5. The summed E-state index contributed by atoms with van der Waals surface area (Å²) >= 11 is 3.22. The number of alkyl halides is 3. The van der Waals surface area contributed by atoms with E-state index in [1.54, 1.807) is 24.3 Å². The molecule has 17 heavy (non-hydrogen) atoms. The van der Waals surface area contributed by atoms with Gasteiger partial charge in [-0.3, -0.25) is 0 Å². The summed E-state index contributed by atoms with van der Waals surface area (Å²) in [4.78, 5) is 1.21. The quantitative estimate of drug-likeness (QED) is 0.902. The van der Waals surface area contributed by atoms with E-state index in [2.05, 4.69) is 15.9 Å². The van der Waals surface area contributed by atoms with Gasteiger partial charge < -0.3 is 10.0 Å². The van der Waals surface area contributed by atoms with Crippen LogP contribution in [0.4, 0.5) is 18.9 Å². The molecule has 0 aromatic heterocycles. The Morgan fingerprint density at radius 2 is 2.00 bits per heavy atom. The standard InChI is InChI=1S/C11H13BrF3NO/c12-9-3-1-4-10(7-9)16(5-2-6-17)8-11(13,14)15/h1,3-4,7,17H,2,5-6,8H2. The molecule has 0 saturated heterocycles. The number of benzene rings is 1. The highest BCUT2D eigenvalue weighted by atomic mass is 79.9. The fourth-order valence-corrected chi connectivity index (χ4v) is 1.84. The van der Waals surface area contributed by atoms with Crippen LogP contribution in [-0.4, -0.2) is 31.0 Å². The number of halogens is 4. The van der Waals surface area contributed by atoms with Crippen molar-refractivity contribution >= 4 is 21.6 Å². The average molecular weight is 312 g/mol. The topological polar surface area (TPSA) is 23.5 Å². The molecule has 0 spiro atoms. The highest BCUT2D eigenvalue weighted by molar-refractivity contribution is 9.10. The average Bonchev–Trinajstić information content (AvgIpc) is 2.22. The third-order valence-corrected chi connectivity index (χ3v) is 2.62. The van der Waals surface area contributed by atoms with Crippen molar-refractivity contribution in [2.75, 3.05) is 24.6 Å². The SMILES string of the molecule is OCCCN(CC(F)(F)F)c1cccc(Br)c1. The summed E-state index contributed by atoms with van der Waals surface area (Å²) in [6, 6.07) is 6.68. The van der Waals surface area contributed by atoms with Gasteiger partial charge in [0.2, 0.25) is 0 Å². The van der Waals surface area contributed by atoms with Crippen LogP contribution in [0.1, 0.15) is 6.42 Å². The molecule has 1 rings (SSSR count). The molecule has 1 N–H and O–H groups in total. The van der Waals surface area contributed by atoms with Crippen LogP contribution < -0.4 is 4.90 Å². The van der Waals surface area contributed by atoms with E-state index in [4.69, 9.17) is 5.11 Å². The zero-order chi connectivity index (χ0) is 12.9. The van der Waals surface area contributed by atoms with Crippen molar-refractivity contribution < 1.29 is 18.3 Å². The summed E-state index contributed by atoms with van der Waals surface area (Å²) in [5, 5.41) is 8.70. The summed E-state index contributed by atoms with van der Waals surface area (Å²) in [5.74, 6) is 0. The minimum Gasteiger partial charge on any atom is -0.396 e. The molecule has 0 aliphatic carbocycles. The first-order valence-electron chi connectivity index (χ1n) is 5.10. The van der Waals surface area contributed by atoms with Gasteiger partial charge in [-0.1, -0.05) is 22.0 Å². The van der Waals surface area contributed by atoms with Crippen LogP contribution in [0.5, 0.6) is 0 Å². The Labute approximate surface area is 106 Å². The van der Waals surface area contributed by atoms with Crippen LogP contribution in [0.25, 0.3) is 0 Å². The van der Waals surface area contributed by atoms with Crippen LogP contribution in [0.3, 0.4) is 0 Å². The van der Waals surface area contributed by atoms with Crippen molar-refractivity contribution in [2.45, 2.75) is 12.6 Å². The molecule has 0 unspecified atom stereocenters. The highest BCUT2D eigenvalue weighted by Gasteiger charge is 2.30. The highest BCUT2D eigenvalue weighted by Crippen LogP contribution is 2.24. The summed E-state index contributed by atoms with van der Waals surface area (Å²) in [7, 11) is 0. The molecule has 0 heterocycles. The molecule has 0 aliphatic rings. The fourth-order valence-electron chi connectivity index (χ4n) is 1.45. The molecule has 6 heteroatoms. The number of nitrogens with zero attached hydrogens (tertiary/aromatic N) is 1. The van der Waals surface area contributed by atoms with Crippen molar-refractivity contribution in [3.05, 3.63) is 28.7 Å². The summed E-state index contributed by atoms with van der Waals surface area (Å²) in [6.07, 6.45) is -3.94. The van der Waals surface area contributed by atoms with Crippen LogP contribution >= 0.6 is 15.9 Å². The summed E-state index contributed by atoms with van der Waals surface area (Å²) in [5.41, 5.74) is 0.491. The Bertz CT molecular complexity index is 357. The van der Waals surface area contributed by atoms with E-state index in [0.717, 1.165) is 4.47 Å². The van der Waals surface area contributed by atoms with E-state index in [0.29, 0.717) is 12.1 Å². The Morgan fingerprint density at radius 1 is 1.29 bits per heavy atom. The van der Waals surface area contributed by atoms with Gasteiger partial charge in [0.1, 0.15) is 6.54 Å². The van der Waals surface area contributed by atoms with Crippen molar-refractivity contribution in [2.24, 2.45) is 0 Å². The van der Waals surface area contributed by atoms with Crippen LogP contribution in [0.2, 0.25) is 0 Å². The smallest absolute Gasteiger partial charge is 0.396 e. The number of aliphatic hydroxyl groups excluding tert-OH is 1. The maximum Gasteiger partial charge on any atom is 0.405 e. The number of hydrogen-bond acceptors (Lipinski definition) is 2. The lowest BCUT2D eigenvalue weighted by Crippen LogP contribution is -2.35. The molecule has 0 saturated carbocycles. The molecule has 0 bridgehead atoms. The maximum atomic E-state index is 12.4. The molecular weight excluding hydrogens is 299 g/mol. The lowest BCUT2D eigenvalue weighted by molar-refractivity contribution is -0.119. The van der Waals surface area contributed by atoms with Crippen LogP contribution in [0, 0.1) is 0 Å². The third-order valence-electron chi connectivity index (χ3n) is 2.13. The molecule has 0 amide bonds. The van der Waals surface area contributed by atoms with Gasteiger partial charge in [-0.05, 0) is 24.6 Å². The number of anilines is 1. The van der Waals surface area contributed by atoms with E-state index in [1.165, 1.54) is 4.90 Å². The van der Waals surface area contributed by atoms with Gasteiger partial charge >= 0.3 is 6.18 Å². The zero-order valence-corrected chi connectivity index (χ0v) is 10.6. The molecular formula is C11H13BrF3NO. The first kappa shape index (κ1) is 14.3. The third kappa shape index (κ3) is 5.41. The lowest BCUT2D eigenvalue weighted by Gasteiger charge is -2.25. The Kier molecular flexibility index (Phi) is 5.27. The van der Waals surface area contributed by atoms with Crippen molar-refractivity contribution in [3.63, 3.8) is 0 Å². The monoisotopic (exact) mass is 311 g/mol. The van der Waals surface area contributed by atoms with E-state index < -0.39 is 12.7 Å². The molecule has 0 aliphatic heterocycles. The second-order valence-corrected chi connectivity index (χ2v) is 4.51. The fraction of sp³-hybridized carbons (Fsp3) is 0.455.